The van der Waals surface area contributed by atoms with Crippen molar-refractivity contribution in [2.24, 2.45) is 0 Å². The van der Waals surface area contributed by atoms with Gasteiger partial charge in [0.2, 0.25) is 10.0 Å². The molecule has 0 aliphatic rings. The maximum absolute atomic E-state index is 13.4. The zero-order chi connectivity index (χ0) is 23.9. The molecule has 1 N–H and O–H groups in total. The molecular weight excluding hydrogens is 458 g/mol. The second kappa shape index (κ2) is 8.69. The Morgan fingerprint density at radius 2 is 1.91 bits per heavy atom. The molecule has 0 fully saturated rings. The van der Waals surface area contributed by atoms with Gasteiger partial charge in [-0.25, -0.2) is 22.4 Å². The molecule has 172 valence electrons. The molecule has 0 saturated heterocycles. The van der Waals surface area contributed by atoms with Gasteiger partial charge in [0, 0.05) is 30.7 Å². The minimum absolute atomic E-state index is 0.0687. The zero-order valence-electron chi connectivity index (χ0n) is 19.0. The van der Waals surface area contributed by atoms with Gasteiger partial charge >= 0.3 is 0 Å². The van der Waals surface area contributed by atoms with Crippen LogP contribution < -0.4 is 5.32 Å². The number of hydrogen-bond donors (Lipinski definition) is 1. The molecule has 1 amide bonds. The van der Waals surface area contributed by atoms with Gasteiger partial charge in [-0.05, 0) is 57.2 Å². The number of sulfonamides is 1. The van der Waals surface area contributed by atoms with Crippen molar-refractivity contribution in [2.45, 2.75) is 31.7 Å². The maximum Gasteiger partial charge on any atom is 0.256 e. The first-order chi connectivity index (χ1) is 15.6. The van der Waals surface area contributed by atoms with Crippen molar-refractivity contribution in [1.29, 1.82) is 0 Å². The molecule has 0 unspecified atom stereocenters. The van der Waals surface area contributed by atoms with Crippen molar-refractivity contribution in [2.75, 3.05) is 19.4 Å². The predicted octanol–water partition coefficient (Wildman–Crippen LogP) is 4.55. The molecule has 0 radical (unpaired) electrons. The third kappa shape index (κ3) is 4.41. The summed E-state index contributed by atoms with van der Waals surface area (Å²) in [4.78, 5) is 20.4. The summed E-state index contributed by atoms with van der Waals surface area (Å²) in [5.41, 5.74) is 2.13. The normalized spacial score (nSPS) is 12.1. The highest BCUT2D eigenvalue weighted by atomic mass is 32.2. The Balaban J connectivity index is 1.79. The van der Waals surface area contributed by atoms with Crippen LogP contribution in [0.4, 0.5) is 5.69 Å². The van der Waals surface area contributed by atoms with Crippen LogP contribution in [0.15, 0.2) is 53.6 Å². The smallest absolute Gasteiger partial charge is 0.256 e. The van der Waals surface area contributed by atoms with Gasteiger partial charge in [0.25, 0.3) is 5.91 Å². The lowest BCUT2D eigenvalue weighted by molar-refractivity contribution is 0.102. The van der Waals surface area contributed by atoms with Crippen molar-refractivity contribution in [3.05, 3.63) is 59.1 Å². The number of carbonyl (C=O) groups excluding carboxylic acids is 1. The van der Waals surface area contributed by atoms with E-state index in [1.807, 2.05) is 32.9 Å². The maximum atomic E-state index is 13.4. The molecule has 4 aromatic rings. The fourth-order valence-electron chi connectivity index (χ4n) is 3.43. The van der Waals surface area contributed by atoms with Gasteiger partial charge in [-0.1, -0.05) is 6.07 Å². The Kier molecular flexibility index (Phi) is 6.08. The number of hydrogen-bond acceptors (Lipinski definition) is 6. The molecule has 8 nitrogen and oxygen atoms in total. The van der Waals surface area contributed by atoms with E-state index in [1.165, 1.54) is 26.2 Å². The highest BCUT2D eigenvalue weighted by molar-refractivity contribution is 7.89. The van der Waals surface area contributed by atoms with Gasteiger partial charge in [-0.2, -0.15) is 5.10 Å². The number of pyridine rings is 1. The van der Waals surface area contributed by atoms with E-state index in [9.17, 15) is 13.2 Å². The topological polar surface area (TPSA) is 97.2 Å². The van der Waals surface area contributed by atoms with Crippen LogP contribution in [0.1, 0.15) is 35.1 Å². The third-order valence-electron chi connectivity index (χ3n) is 5.16. The van der Waals surface area contributed by atoms with Gasteiger partial charge in [-0.3, -0.25) is 4.79 Å². The fourth-order valence-corrected chi connectivity index (χ4v) is 5.20. The molecule has 1 aromatic carbocycles. The van der Waals surface area contributed by atoms with Crippen LogP contribution in [0.2, 0.25) is 0 Å². The molecule has 3 aromatic heterocycles. The summed E-state index contributed by atoms with van der Waals surface area (Å²) >= 11 is 1.60. The van der Waals surface area contributed by atoms with Gasteiger partial charge in [0.1, 0.15) is 0 Å². The van der Waals surface area contributed by atoms with E-state index < -0.39 is 10.0 Å². The van der Waals surface area contributed by atoms with Crippen LogP contribution in [0.5, 0.6) is 0 Å². The second-order valence-electron chi connectivity index (χ2n) is 8.15. The van der Waals surface area contributed by atoms with E-state index in [2.05, 4.69) is 10.4 Å². The molecule has 0 bridgehead atoms. The summed E-state index contributed by atoms with van der Waals surface area (Å²) in [7, 11) is -0.688. The zero-order valence-corrected chi connectivity index (χ0v) is 20.7. The summed E-state index contributed by atoms with van der Waals surface area (Å²) in [5.74, 6) is -0.361. The largest absolute Gasteiger partial charge is 0.322 e. The summed E-state index contributed by atoms with van der Waals surface area (Å²) in [5, 5.41) is 7.92. The van der Waals surface area contributed by atoms with Crippen molar-refractivity contribution >= 4 is 44.0 Å². The first-order valence-electron chi connectivity index (χ1n) is 10.4. The van der Waals surface area contributed by atoms with E-state index in [1.54, 1.807) is 40.4 Å². The van der Waals surface area contributed by atoms with Crippen LogP contribution in [0, 0.1) is 6.92 Å². The molecule has 0 saturated carbocycles. The molecule has 10 heteroatoms. The number of fused-ring (bicyclic) bond motifs is 1. The number of thiophene rings is 1. The van der Waals surface area contributed by atoms with E-state index in [0.717, 1.165) is 14.1 Å². The number of benzene rings is 1. The highest BCUT2D eigenvalue weighted by Gasteiger charge is 2.21. The number of nitrogens with zero attached hydrogens (tertiary/aromatic N) is 4. The Morgan fingerprint density at radius 3 is 2.55 bits per heavy atom. The van der Waals surface area contributed by atoms with E-state index >= 15 is 0 Å². The van der Waals surface area contributed by atoms with Gasteiger partial charge in [0.15, 0.2) is 5.65 Å². The quantitative estimate of drug-likeness (QED) is 0.434. The summed E-state index contributed by atoms with van der Waals surface area (Å²) < 4.78 is 27.9. The van der Waals surface area contributed by atoms with Gasteiger partial charge < -0.3 is 5.32 Å². The lowest BCUT2D eigenvalue weighted by Crippen LogP contribution is -2.22. The lowest BCUT2D eigenvalue weighted by Gasteiger charge is -2.13. The summed E-state index contributed by atoms with van der Waals surface area (Å²) in [6, 6.07) is 12.0. The molecule has 33 heavy (non-hydrogen) atoms. The first-order valence-corrected chi connectivity index (χ1v) is 12.6. The number of rotatable bonds is 6. The minimum Gasteiger partial charge on any atom is -0.322 e. The summed E-state index contributed by atoms with van der Waals surface area (Å²) in [6.45, 7) is 6.03. The third-order valence-corrected chi connectivity index (χ3v) is 8.00. The second-order valence-corrected chi connectivity index (χ2v) is 11.6. The predicted molar refractivity (Wildman–Crippen MR) is 131 cm³/mol. The Morgan fingerprint density at radius 1 is 1.15 bits per heavy atom. The fraction of sp³-hybridized carbons (Fsp3) is 0.261. The van der Waals surface area contributed by atoms with Gasteiger partial charge in [-0.15, -0.1) is 11.3 Å². The van der Waals surface area contributed by atoms with Crippen LogP contribution in [0.3, 0.4) is 0 Å². The SMILES string of the molecule is Cc1ccc(-c2cc(C(=O)Nc3cccc(S(=O)(=O)N(C)C)c3)c3cnn(C(C)C)c3n2)s1. The Bertz CT molecular complexity index is 1450. The van der Waals surface area contributed by atoms with Crippen molar-refractivity contribution in [1.82, 2.24) is 19.1 Å². The van der Waals surface area contributed by atoms with Crippen molar-refractivity contribution < 1.29 is 13.2 Å². The molecule has 0 aliphatic heterocycles. The van der Waals surface area contributed by atoms with Crippen LogP contribution in [-0.4, -0.2) is 47.5 Å². The Hall–Kier alpha value is -3.08. The van der Waals surface area contributed by atoms with Crippen LogP contribution in [0.25, 0.3) is 21.6 Å². The number of anilines is 1. The standard InChI is InChI=1S/C23H25N5O3S2/c1-14(2)28-22-19(13-24-28)18(12-20(26-22)21-10-9-15(3)32-21)23(29)25-16-7-6-8-17(11-16)33(30,31)27(4)5/h6-14H,1-5H3,(H,25,29). The number of amides is 1. The highest BCUT2D eigenvalue weighted by Crippen LogP contribution is 2.31. The average Bonchev–Trinajstić information content (AvgIpc) is 3.39. The number of carbonyl (C=O) groups is 1. The molecule has 3 heterocycles. The molecule has 4 rings (SSSR count). The molecule has 0 aliphatic carbocycles. The molecule has 0 spiro atoms. The van der Waals surface area contributed by atoms with Crippen LogP contribution >= 0.6 is 11.3 Å². The van der Waals surface area contributed by atoms with E-state index in [-0.39, 0.29) is 16.8 Å². The molecule has 0 atom stereocenters. The number of aryl methyl sites for hydroxylation is 1. The number of nitrogens with one attached hydrogen (secondary N) is 1. The van der Waals surface area contributed by atoms with E-state index in [4.69, 9.17) is 4.98 Å². The van der Waals surface area contributed by atoms with E-state index in [0.29, 0.717) is 28.0 Å². The lowest BCUT2D eigenvalue weighted by atomic mass is 10.1. The monoisotopic (exact) mass is 483 g/mol. The molecular formula is C23H25N5O3S2. The summed E-state index contributed by atoms with van der Waals surface area (Å²) in [6.07, 6.45) is 1.65. The van der Waals surface area contributed by atoms with Gasteiger partial charge in [0.05, 0.1) is 32.6 Å². The van der Waals surface area contributed by atoms with Crippen molar-refractivity contribution in [3.8, 4) is 10.6 Å². The number of aromatic nitrogens is 3. The first kappa shape index (κ1) is 23.1. The minimum atomic E-state index is -3.62. The average molecular weight is 484 g/mol. The van der Waals surface area contributed by atoms with Crippen LogP contribution in [-0.2, 0) is 10.0 Å². The Labute approximate surface area is 196 Å². The van der Waals surface area contributed by atoms with Crippen molar-refractivity contribution in [3.63, 3.8) is 0 Å².